The Labute approximate surface area is 133 Å². The normalized spacial score (nSPS) is 17.6. The van der Waals surface area contributed by atoms with Crippen LogP contribution >= 0.6 is 0 Å². The number of benzene rings is 1. The number of aliphatic imine (C=N–C) groups is 1. The molecule has 0 N–H and O–H groups in total. The van der Waals surface area contributed by atoms with Gasteiger partial charge in [-0.05, 0) is 30.7 Å². The lowest BCUT2D eigenvalue weighted by Gasteiger charge is -2.16. The van der Waals surface area contributed by atoms with Gasteiger partial charge in [0.25, 0.3) is 11.8 Å². The molecule has 0 unspecified atom stereocenters. The van der Waals surface area contributed by atoms with Crippen LogP contribution in [0.1, 0.15) is 34.1 Å². The molecule has 0 fully saturated rings. The van der Waals surface area contributed by atoms with Crippen LogP contribution in [0.2, 0.25) is 0 Å². The van der Waals surface area contributed by atoms with Crippen molar-refractivity contribution in [3.05, 3.63) is 58.6 Å². The van der Waals surface area contributed by atoms with Crippen LogP contribution < -0.4 is 0 Å². The molecular formula is C17H16N2O4. The minimum atomic E-state index is -0.381. The van der Waals surface area contributed by atoms with Gasteiger partial charge in [-0.3, -0.25) is 9.59 Å². The van der Waals surface area contributed by atoms with Crippen LogP contribution in [0.15, 0.2) is 52.5 Å². The second-order valence-corrected chi connectivity index (χ2v) is 5.20. The number of rotatable bonds is 2. The summed E-state index contributed by atoms with van der Waals surface area (Å²) in [6, 6.07) is 6.74. The first-order valence-corrected chi connectivity index (χ1v) is 7.11. The predicted octanol–water partition coefficient (Wildman–Crippen LogP) is 2.49. The zero-order chi connectivity index (χ0) is 16.6. The first kappa shape index (κ1) is 15.0. The van der Waals surface area contributed by atoms with Crippen LogP contribution in [-0.2, 0) is 9.47 Å². The maximum Gasteiger partial charge on any atom is 0.267 e. The van der Waals surface area contributed by atoms with E-state index in [-0.39, 0.29) is 17.6 Å². The lowest BCUT2D eigenvalue weighted by atomic mass is 10.1. The van der Waals surface area contributed by atoms with Crippen LogP contribution in [0.4, 0.5) is 0 Å². The molecule has 1 aromatic carbocycles. The van der Waals surface area contributed by atoms with Crippen molar-refractivity contribution in [2.75, 3.05) is 14.2 Å². The number of imide groups is 1. The van der Waals surface area contributed by atoms with Gasteiger partial charge in [0.2, 0.25) is 0 Å². The molecule has 2 aliphatic heterocycles. The van der Waals surface area contributed by atoms with E-state index < -0.39 is 0 Å². The molecule has 0 saturated carbocycles. The molecule has 0 spiro atoms. The summed E-state index contributed by atoms with van der Waals surface area (Å²) in [6.45, 7) is 1.78. The number of allylic oxidation sites excluding steroid dienone is 2. The molecule has 0 aromatic heterocycles. The van der Waals surface area contributed by atoms with Crippen LogP contribution in [-0.4, -0.2) is 36.8 Å². The molecule has 0 saturated heterocycles. The summed E-state index contributed by atoms with van der Waals surface area (Å²) in [7, 11) is 3.05. The predicted molar refractivity (Wildman–Crippen MR) is 83.8 cm³/mol. The Balaban J connectivity index is 2.12. The molecule has 6 nitrogen and oxygen atoms in total. The third kappa shape index (κ3) is 2.42. The minimum absolute atomic E-state index is 0.264. The second kappa shape index (κ2) is 5.72. The van der Waals surface area contributed by atoms with E-state index in [9.17, 15) is 9.59 Å². The summed E-state index contributed by atoms with van der Waals surface area (Å²) >= 11 is 0. The summed E-state index contributed by atoms with van der Waals surface area (Å²) in [5.74, 6) is 0.526. The number of fused-ring (bicyclic) bond motifs is 1. The van der Waals surface area contributed by atoms with Crippen molar-refractivity contribution >= 4 is 17.7 Å². The molecule has 2 heterocycles. The average molecular weight is 312 g/mol. The van der Waals surface area contributed by atoms with Gasteiger partial charge in [-0.2, -0.15) is 4.99 Å². The molecule has 118 valence electrons. The molecule has 1 aromatic rings. The first-order valence-electron chi connectivity index (χ1n) is 7.11. The van der Waals surface area contributed by atoms with Crippen LogP contribution in [0, 0.1) is 0 Å². The molecule has 3 rings (SSSR count). The maximum absolute atomic E-state index is 12.6. The Kier molecular flexibility index (Phi) is 3.73. The quantitative estimate of drug-likeness (QED) is 0.787. The highest BCUT2D eigenvalue weighted by Crippen LogP contribution is 2.30. The van der Waals surface area contributed by atoms with Crippen molar-refractivity contribution in [2.24, 2.45) is 4.99 Å². The van der Waals surface area contributed by atoms with E-state index in [1.54, 1.807) is 44.4 Å². The number of methoxy groups -OCH3 is 2. The maximum atomic E-state index is 12.6. The topological polar surface area (TPSA) is 68.2 Å². The molecule has 0 aliphatic carbocycles. The highest BCUT2D eigenvalue weighted by Gasteiger charge is 2.38. The van der Waals surface area contributed by atoms with E-state index >= 15 is 0 Å². The SMILES string of the molecule is COC1=CC(C)=C(N2C(=O)c3ccccc3C2=O)N=C(OC)C1. The summed E-state index contributed by atoms with van der Waals surface area (Å²) in [4.78, 5) is 30.7. The largest absolute Gasteiger partial charge is 0.501 e. The van der Waals surface area contributed by atoms with Crippen molar-refractivity contribution < 1.29 is 19.1 Å². The van der Waals surface area contributed by atoms with Gasteiger partial charge in [-0.15, -0.1) is 0 Å². The lowest BCUT2D eigenvalue weighted by molar-refractivity contribution is 0.0701. The molecule has 0 atom stereocenters. The average Bonchev–Trinajstić information content (AvgIpc) is 2.71. The number of hydrogen-bond acceptors (Lipinski definition) is 5. The van der Waals surface area contributed by atoms with Gasteiger partial charge in [-0.25, -0.2) is 4.90 Å². The summed E-state index contributed by atoms with van der Waals surface area (Å²) in [5.41, 5.74) is 1.42. The van der Waals surface area contributed by atoms with E-state index in [2.05, 4.69) is 4.99 Å². The van der Waals surface area contributed by atoms with Crippen LogP contribution in [0.25, 0.3) is 0 Å². The highest BCUT2D eigenvalue weighted by molar-refractivity contribution is 6.22. The Morgan fingerprint density at radius 2 is 1.65 bits per heavy atom. The number of carbonyl (C=O) groups is 2. The standard InChI is InChI=1S/C17H16N2O4/c1-10-8-11(22-2)9-14(23-3)18-15(10)19-16(20)12-6-4-5-7-13(12)17(19)21/h4-8H,9H2,1-3H3. The van der Waals surface area contributed by atoms with Crippen molar-refractivity contribution in [2.45, 2.75) is 13.3 Å². The van der Waals surface area contributed by atoms with Gasteiger partial charge < -0.3 is 9.47 Å². The zero-order valence-electron chi connectivity index (χ0n) is 13.1. The summed E-state index contributed by atoms with van der Waals surface area (Å²) in [6.07, 6.45) is 2.12. The first-order chi connectivity index (χ1) is 11.1. The number of ether oxygens (including phenoxy) is 2. The molecule has 0 radical (unpaired) electrons. The molecule has 2 amide bonds. The number of hydrogen-bond donors (Lipinski definition) is 0. The third-order valence-corrected chi connectivity index (χ3v) is 3.79. The molecule has 23 heavy (non-hydrogen) atoms. The summed E-state index contributed by atoms with van der Waals surface area (Å²) < 4.78 is 10.5. The fraction of sp³-hybridized carbons (Fsp3) is 0.235. The second-order valence-electron chi connectivity index (χ2n) is 5.20. The van der Waals surface area contributed by atoms with Gasteiger partial charge in [0.05, 0.1) is 31.8 Å². The molecule has 6 heteroatoms. The van der Waals surface area contributed by atoms with E-state index in [1.807, 2.05) is 0 Å². The van der Waals surface area contributed by atoms with Crippen molar-refractivity contribution in [1.82, 2.24) is 4.90 Å². The van der Waals surface area contributed by atoms with Crippen LogP contribution in [0.5, 0.6) is 0 Å². The van der Waals surface area contributed by atoms with Crippen molar-refractivity contribution in [1.29, 1.82) is 0 Å². The molecule has 0 bridgehead atoms. The Morgan fingerprint density at radius 1 is 1.04 bits per heavy atom. The van der Waals surface area contributed by atoms with Crippen molar-refractivity contribution in [3.8, 4) is 0 Å². The highest BCUT2D eigenvalue weighted by atomic mass is 16.5. The Hall–Kier alpha value is -2.89. The van der Waals surface area contributed by atoms with Crippen molar-refractivity contribution in [3.63, 3.8) is 0 Å². The van der Waals surface area contributed by atoms with Crippen LogP contribution in [0.3, 0.4) is 0 Å². The van der Waals surface area contributed by atoms with E-state index in [4.69, 9.17) is 9.47 Å². The summed E-state index contributed by atoms with van der Waals surface area (Å²) in [5, 5.41) is 0. The lowest BCUT2D eigenvalue weighted by Crippen LogP contribution is -2.29. The van der Waals surface area contributed by atoms with Gasteiger partial charge in [-0.1, -0.05) is 12.1 Å². The Bertz CT molecular complexity index is 755. The molecular weight excluding hydrogens is 296 g/mol. The monoisotopic (exact) mass is 312 g/mol. The number of carbonyl (C=O) groups excluding carboxylic acids is 2. The minimum Gasteiger partial charge on any atom is -0.501 e. The van der Waals surface area contributed by atoms with Gasteiger partial charge in [0.15, 0.2) is 5.90 Å². The van der Waals surface area contributed by atoms with Gasteiger partial charge in [0.1, 0.15) is 11.6 Å². The Morgan fingerprint density at radius 3 is 2.17 bits per heavy atom. The van der Waals surface area contributed by atoms with E-state index in [0.717, 1.165) is 4.90 Å². The number of nitrogens with zero attached hydrogens (tertiary/aromatic N) is 2. The third-order valence-electron chi connectivity index (χ3n) is 3.79. The van der Waals surface area contributed by atoms with Gasteiger partial charge >= 0.3 is 0 Å². The van der Waals surface area contributed by atoms with E-state index in [1.165, 1.54) is 7.11 Å². The fourth-order valence-corrected chi connectivity index (χ4v) is 2.61. The zero-order valence-corrected chi connectivity index (χ0v) is 13.1. The molecule has 2 aliphatic rings. The fourth-order valence-electron chi connectivity index (χ4n) is 2.61. The van der Waals surface area contributed by atoms with Gasteiger partial charge in [0, 0.05) is 0 Å². The smallest absolute Gasteiger partial charge is 0.267 e. The van der Waals surface area contributed by atoms with E-state index in [0.29, 0.717) is 34.8 Å². The number of amides is 2.